The van der Waals surface area contributed by atoms with Gasteiger partial charge in [-0.3, -0.25) is 0 Å². The smallest absolute Gasteiger partial charge is 0.216 e. The second kappa shape index (κ2) is 5.44. The fraction of sp³-hybridized carbons (Fsp3) is 0.0667. The molecule has 0 atom stereocenters. The molecule has 20 heavy (non-hydrogen) atoms. The van der Waals surface area contributed by atoms with Gasteiger partial charge < -0.3 is 4.74 Å². The van der Waals surface area contributed by atoms with Gasteiger partial charge in [0.1, 0.15) is 12.7 Å². The van der Waals surface area contributed by atoms with Crippen LogP contribution < -0.4 is 4.74 Å². The molecule has 0 radical (unpaired) electrons. The Morgan fingerprint density at radius 1 is 0.800 bits per heavy atom. The van der Waals surface area contributed by atoms with Crippen LogP contribution in [0.4, 0.5) is 0 Å². The van der Waals surface area contributed by atoms with E-state index in [-0.39, 0.29) is 0 Å². The van der Waals surface area contributed by atoms with Gasteiger partial charge in [0.05, 0.1) is 12.8 Å². The molecule has 1 aromatic carbocycles. The zero-order valence-electron chi connectivity index (χ0n) is 10.9. The van der Waals surface area contributed by atoms with Gasteiger partial charge >= 0.3 is 0 Å². The van der Waals surface area contributed by atoms with Crippen LogP contribution in [0.15, 0.2) is 55.4 Å². The second-order valence-electron chi connectivity index (χ2n) is 4.15. The topological polar surface area (TPSA) is 60.8 Å². The van der Waals surface area contributed by atoms with Crippen LogP contribution in [0.3, 0.4) is 0 Å². The number of methoxy groups -OCH3 is 1. The van der Waals surface area contributed by atoms with Crippen LogP contribution in [0.25, 0.3) is 22.4 Å². The number of benzene rings is 1. The Bertz CT molecular complexity index is 699. The Morgan fingerprint density at radius 2 is 1.50 bits per heavy atom. The minimum absolute atomic E-state index is 0.551. The van der Waals surface area contributed by atoms with E-state index in [0.29, 0.717) is 5.88 Å². The van der Waals surface area contributed by atoms with E-state index in [1.165, 1.54) is 12.7 Å². The predicted molar refractivity (Wildman–Crippen MR) is 75.0 cm³/mol. The van der Waals surface area contributed by atoms with Gasteiger partial charge in [0.2, 0.25) is 5.88 Å². The van der Waals surface area contributed by atoms with E-state index >= 15 is 0 Å². The average molecular weight is 264 g/mol. The van der Waals surface area contributed by atoms with Crippen molar-refractivity contribution in [2.45, 2.75) is 0 Å². The zero-order valence-corrected chi connectivity index (χ0v) is 10.9. The summed E-state index contributed by atoms with van der Waals surface area (Å²) in [4.78, 5) is 16.3. The Balaban J connectivity index is 1.93. The lowest BCUT2D eigenvalue weighted by Gasteiger charge is -2.04. The van der Waals surface area contributed by atoms with Crippen molar-refractivity contribution in [2.75, 3.05) is 7.11 Å². The number of nitrogens with zero attached hydrogens (tertiary/aromatic N) is 4. The lowest BCUT2D eigenvalue weighted by molar-refractivity contribution is 0.397. The lowest BCUT2D eigenvalue weighted by atomic mass is 10.1. The molecule has 5 nitrogen and oxygen atoms in total. The van der Waals surface area contributed by atoms with E-state index in [9.17, 15) is 0 Å². The summed E-state index contributed by atoms with van der Waals surface area (Å²) < 4.78 is 5.10. The molecule has 0 saturated heterocycles. The molecule has 5 heteroatoms. The maximum absolute atomic E-state index is 5.10. The van der Waals surface area contributed by atoms with E-state index in [1.54, 1.807) is 25.6 Å². The maximum Gasteiger partial charge on any atom is 0.216 e. The minimum Gasteiger partial charge on any atom is -0.481 e. The Hall–Kier alpha value is -2.82. The number of ether oxygens (including phenoxy) is 1. The first-order valence-electron chi connectivity index (χ1n) is 6.08. The molecule has 2 aromatic heterocycles. The number of aromatic nitrogens is 4. The van der Waals surface area contributed by atoms with Crippen molar-refractivity contribution in [3.05, 3.63) is 55.4 Å². The highest BCUT2D eigenvalue weighted by molar-refractivity contribution is 5.67. The standard InChI is InChI=1S/C15H12N4O/c1-20-15-6-14(18-10-19-15)12-4-2-11(3-5-12)13-7-16-9-17-8-13/h2-10H,1H3. The number of hydrogen-bond donors (Lipinski definition) is 0. The first kappa shape index (κ1) is 12.2. The first-order chi connectivity index (χ1) is 9.86. The van der Waals surface area contributed by atoms with Gasteiger partial charge in [-0.05, 0) is 5.56 Å². The van der Waals surface area contributed by atoms with Crippen molar-refractivity contribution < 1.29 is 4.74 Å². The van der Waals surface area contributed by atoms with Crippen molar-refractivity contribution in [3.63, 3.8) is 0 Å². The van der Waals surface area contributed by atoms with Crippen molar-refractivity contribution in [1.82, 2.24) is 19.9 Å². The van der Waals surface area contributed by atoms with Crippen molar-refractivity contribution in [2.24, 2.45) is 0 Å². The van der Waals surface area contributed by atoms with Crippen LogP contribution in [-0.2, 0) is 0 Å². The molecule has 0 bridgehead atoms. The van der Waals surface area contributed by atoms with Crippen molar-refractivity contribution >= 4 is 0 Å². The lowest BCUT2D eigenvalue weighted by Crippen LogP contribution is -1.90. The zero-order chi connectivity index (χ0) is 13.8. The third-order valence-corrected chi connectivity index (χ3v) is 2.93. The van der Waals surface area contributed by atoms with E-state index in [1.807, 2.05) is 24.3 Å². The largest absolute Gasteiger partial charge is 0.481 e. The molecule has 0 N–H and O–H groups in total. The fourth-order valence-electron chi connectivity index (χ4n) is 1.89. The molecule has 98 valence electrons. The third kappa shape index (κ3) is 2.47. The predicted octanol–water partition coefficient (Wildman–Crippen LogP) is 2.61. The average Bonchev–Trinajstić information content (AvgIpc) is 2.56. The summed E-state index contributed by atoms with van der Waals surface area (Å²) in [5.74, 6) is 0.551. The van der Waals surface area contributed by atoms with Gasteiger partial charge in [-0.25, -0.2) is 19.9 Å². The van der Waals surface area contributed by atoms with Gasteiger partial charge in [-0.1, -0.05) is 24.3 Å². The van der Waals surface area contributed by atoms with E-state index in [2.05, 4.69) is 19.9 Å². The fourth-order valence-corrected chi connectivity index (χ4v) is 1.89. The maximum atomic E-state index is 5.10. The molecule has 0 amide bonds. The molecule has 0 aliphatic heterocycles. The molecular weight excluding hydrogens is 252 g/mol. The molecule has 0 aliphatic carbocycles. The van der Waals surface area contributed by atoms with Crippen LogP contribution in [-0.4, -0.2) is 27.0 Å². The molecule has 3 rings (SSSR count). The van der Waals surface area contributed by atoms with Crippen LogP contribution >= 0.6 is 0 Å². The van der Waals surface area contributed by atoms with E-state index in [0.717, 1.165) is 22.4 Å². The number of hydrogen-bond acceptors (Lipinski definition) is 5. The van der Waals surface area contributed by atoms with E-state index < -0.39 is 0 Å². The molecule has 0 fully saturated rings. The normalized spacial score (nSPS) is 10.2. The monoisotopic (exact) mass is 264 g/mol. The van der Waals surface area contributed by atoms with Gasteiger partial charge in [0.25, 0.3) is 0 Å². The highest BCUT2D eigenvalue weighted by atomic mass is 16.5. The Kier molecular flexibility index (Phi) is 3.33. The molecule has 0 unspecified atom stereocenters. The highest BCUT2D eigenvalue weighted by Gasteiger charge is 2.03. The van der Waals surface area contributed by atoms with Gasteiger partial charge in [0.15, 0.2) is 0 Å². The molecule has 0 saturated carbocycles. The summed E-state index contributed by atoms with van der Waals surface area (Å²) in [7, 11) is 1.59. The molecule has 2 heterocycles. The summed E-state index contributed by atoms with van der Waals surface area (Å²) in [5.41, 5.74) is 3.88. The third-order valence-electron chi connectivity index (χ3n) is 2.93. The van der Waals surface area contributed by atoms with Crippen LogP contribution in [0.2, 0.25) is 0 Å². The number of rotatable bonds is 3. The van der Waals surface area contributed by atoms with Crippen LogP contribution in [0, 0.1) is 0 Å². The molecular formula is C15H12N4O. The molecule has 0 aliphatic rings. The minimum atomic E-state index is 0.551. The van der Waals surface area contributed by atoms with Gasteiger partial charge in [-0.15, -0.1) is 0 Å². The molecule has 3 aromatic rings. The Morgan fingerprint density at radius 3 is 2.20 bits per heavy atom. The summed E-state index contributed by atoms with van der Waals surface area (Å²) in [5, 5.41) is 0. The first-order valence-corrected chi connectivity index (χ1v) is 6.08. The van der Waals surface area contributed by atoms with Crippen LogP contribution in [0.5, 0.6) is 5.88 Å². The summed E-state index contributed by atoms with van der Waals surface area (Å²) >= 11 is 0. The summed E-state index contributed by atoms with van der Waals surface area (Å²) in [6.45, 7) is 0. The summed E-state index contributed by atoms with van der Waals surface area (Å²) in [6.07, 6.45) is 6.59. The Labute approximate surface area is 116 Å². The van der Waals surface area contributed by atoms with Gasteiger partial charge in [0, 0.05) is 29.6 Å². The van der Waals surface area contributed by atoms with Crippen LogP contribution in [0.1, 0.15) is 0 Å². The van der Waals surface area contributed by atoms with Crippen molar-refractivity contribution in [1.29, 1.82) is 0 Å². The second-order valence-corrected chi connectivity index (χ2v) is 4.15. The van der Waals surface area contributed by atoms with Crippen molar-refractivity contribution in [3.8, 4) is 28.3 Å². The molecule has 0 spiro atoms. The summed E-state index contributed by atoms with van der Waals surface area (Å²) in [6, 6.07) is 9.85. The SMILES string of the molecule is COc1cc(-c2ccc(-c3cncnc3)cc2)ncn1. The quantitative estimate of drug-likeness (QED) is 0.727. The highest BCUT2D eigenvalue weighted by Crippen LogP contribution is 2.23. The van der Waals surface area contributed by atoms with Gasteiger partial charge in [-0.2, -0.15) is 0 Å². The van der Waals surface area contributed by atoms with E-state index in [4.69, 9.17) is 4.74 Å².